The summed E-state index contributed by atoms with van der Waals surface area (Å²) in [4.78, 5) is 17.1. The van der Waals surface area contributed by atoms with Crippen molar-refractivity contribution in [2.75, 3.05) is 13.7 Å². The van der Waals surface area contributed by atoms with Crippen molar-refractivity contribution in [3.05, 3.63) is 95.8 Å². The minimum Gasteiger partial charge on any atom is -0.496 e. The van der Waals surface area contributed by atoms with Gasteiger partial charge in [-0.1, -0.05) is 54.6 Å². The third-order valence-corrected chi connectivity index (χ3v) is 4.57. The van der Waals surface area contributed by atoms with E-state index < -0.39 is 0 Å². The number of hydrogen-bond acceptors (Lipinski definition) is 3. The Morgan fingerprint density at radius 2 is 1.81 bits per heavy atom. The molecule has 0 saturated heterocycles. The number of amides is 1. The normalized spacial score (nSPS) is 11.6. The fourth-order valence-electron chi connectivity index (χ4n) is 3.15. The second-order valence-electron chi connectivity index (χ2n) is 6.38. The summed E-state index contributed by atoms with van der Waals surface area (Å²) in [7, 11) is 1.66. The van der Waals surface area contributed by atoms with Gasteiger partial charge in [-0.25, -0.2) is 0 Å². The number of nitrogens with zero attached hydrogens (tertiary/aromatic N) is 1. The third kappa shape index (κ3) is 5.17. The molecule has 1 atom stereocenters. The molecule has 2 aromatic carbocycles. The summed E-state index contributed by atoms with van der Waals surface area (Å²) < 4.78 is 5.38. The van der Waals surface area contributed by atoms with Gasteiger partial charge in [0.25, 0.3) is 0 Å². The second-order valence-corrected chi connectivity index (χ2v) is 6.38. The number of hydrogen-bond donors (Lipinski definition) is 1. The van der Waals surface area contributed by atoms with E-state index in [4.69, 9.17) is 4.74 Å². The first-order valence-electron chi connectivity index (χ1n) is 9.11. The smallest absolute Gasteiger partial charge is 0.227 e. The number of aromatic nitrogens is 1. The van der Waals surface area contributed by atoms with E-state index in [9.17, 15) is 4.79 Å². The summed E-state index contributed by atoms with van der Waals surface area (Å²) in [5, 5.41) is 3.09. The van der Waals surface area contributed by atoms with E-state index in [0.717, 1.165) is 28.9 Å². The predicted molar refractivity (Wildman–Crippen MR) is 107 cm³/mol. The van der Waals surface area contributed by atoms with Crippen LogP contribution in [0.15, 0.2) is 79.1 Å². The molecule has 4 nitrogen and oxygen atoms in total. The lowest BCUT2D eigenvalue weighted by atomic mass is 9.91. The number of nitrogens with one attached hydrogen (secondary N) is 1. The van der Waals surface area contributed by atoms with Gasteiger partial charge in [0.05, 0.1) is 13.0 Å². The van der Waals surface area contributed by atoms with Crippen molar-refractivity contribution in [1.29, 1.82) is 0 Å². The molecule has 0 aliphatic heterocycles. The van der Waals surface area contributed by atoms with Crippen LogP contribution in [-0.4, -0.2) is 24.5 Å². The maximum Gasteiger partial charge on any atom is 0.227 e. The molecule has 138 valence electrons. The van der Waals surface area contributed by atoms with Crippen molar-refractivity contribution in [3.63, 3.8) is 0 Å². The van der Waals surface area contributed by atoms with Crippen molar-refractivity contribution in [3.8, 4) is 5.75 Å². The zero-order valence-corrected chi connectivity index (χ0v) is 15.5. The van der Waals surface area contributed by atoms with Crippen LogP contribution in [0, 0.1) is 0 Å². The molecule has 0 aliphatic carbocycles. The first kappa shape index (κ1) is 18.6. The molecule has 4 heteroatoms. The van der Waals surface area contributed by atoms with E-state index in [1.807, 2.05) is 72.9 Å². The van der Waals surface area contributed by atoms with Crippen LogP contribution < -0.4 is 10.1 Å². The third-order valence-electron chi connectivity index (χ3n) is 4.57. The lowest BCUT2D eigenvalue weighted by Gasteiger charge is -2.18. The number of carbonyl (C=O) groups excluding carboxylic acids is 1. The Morgan fingerprint density at radius 1 is 1.04 bits per heavy atom. The zero-order chi connectivity index (χ0) is 18.9. The fourth-order valence-corrected chi connectivity index (χ4v) is 3.15. The Bertz CT molecular complexity index is 851. The van der Waals surface area contributed by atoms with Crippen molar-refractivity contribution in [2.45, 2.75) is 18.8 Å². The highest BCUT2D eigenvalue weighted by atomic mass is 16.5. The van der Waals surface area contributed by atoms with Crippen LogP contribution in [0.25, 0.3) is 0 Å². The molecule has 0 bridgehead atoms. The topological polar surface area (TPSA) is 51.2 Å². The molecule has 27 heavy (non-hydrogen) atoms. The summed E-state index contributed by atoms with van der Waals surface area (Å²) >= 11 is 0. The van der Waals surface area contributed by atoms with Crippen LogP contribution >= 0.6 is 0 Å². The minimum atomic E-state index is -0.243. The highest BCUT2D eigenvalue weighted by molar-refractivity contribution is 5.84. The largest absolute Gasteiger partial charge is 0.496 e. The molecule has 1 unspecified atom stereocenters. The van der Waals surface area contributed by atoms with Crippen LogP contribution in [0.1, 0.15) is 22.6 Å². The molecule has 1 N–H and O–H groups in total. The minimum absolute atomic E-state index is 0.0277. The van der Waals surface area contributed by atoms with E-state index in [1.165, 1.54) is 0 Å². The summed E-state index contributed by atoms with van der Waals surface area (Å²) in [5.74, 6) is 0.634. The van der Waals surface area contributed by atoms with Crippen molar-refractivity contribution in [2.24, 2.45) is 0 Å². The van der Waals surface area contributed by atoms with Gasteiger partial charge in [0.1, 0.15) is 5.75 Å². The summed E-state index contributed by atoms with van der Waals surface area (Å²) in [6.45, 7) is 0.565. The van der Waals surface area contributed by atoms with Crippen molar-refractivity contribution < 1.29 is 9.53 Å². The van der Waals surface area contributed by atoms with E-state index in [1.54, 1.807) is 13.3 Å². The van der Waals surface area contributed by atoms with Crippen molar-refractivity contribution in [1.82, 2.24) is 10.3 Å². The number of pyridine rings is 1. The Hall–Kier alpha value is -3.14. The average Bonchev–Trinajstić information content (AvgIpc) is 2.73. The van der Waals surface area contributed by atoms with Gasteiger partial charge < -0.3 is 10.1 Å². The monoisotopic (exact) mass is 360 g/mol. The molecular weight excluding hydrogens is 336 g/mol. The van der Waals surface area contributed by atoms with Gasteiger partial charge in [-0.2, -0.15) is 0 Å². The van der Waals surface area contributed by atoms with Crippen LogP contribution in [0.4, 0.5) is 0 Å². The molecule has 1 aromatic heterocycles. The Morgan fingerprint density at radius 3 is 2.56 bits per heavy atom. The number of ether oxygens (including phenoxy) is 1. The van der Waals surface area contributed by atoms with Gasteiger partial charge in [0.2, 0.25) is 5.91 Å². The zero-order valence-electron chi connectivity index (χ0n) is 15.5. The molecule has 0 spiro atoms. The highest BCUT2D eigenvalue weighted by Gasteiger charge is 2.21. The van der Waals surface area contributed by atoms with E-state index >= 15 is 0 Å². The standard InChI is InChI=1S/C23H24N2O2/c1-27-22-12-6-5-11-20(22)13-15-25-23(26)21(19-9-3-2-4-10-19)16-18-8-7-14-24-17-18/h2-12,14,17,21H,13,15-16H2,1H3,(H,25,26). The molecule has 0 aliphatic rings. The number of benzene rings is 2. The van der Waals surface area contributed by atoms with Gasteiger partial charge >= 0.3 is 0 Å². The Kier molecular flexibility index (Phi) is 6.58. The van der Waals surface area contributed by atoms with Crippen LogP contribution in [0.5, 0.6) is 5.75 Å². The maximum absolute atomic E-state index is 12.9. The molecule has 0 fully saturated rings. The molecular formula is C23H24N2O2. The van der Waals surface area contributed by atoms with Crippen LogP contribution in [0.3, 0.4) is 0 Å². The summed E-state index contributed by atoms with van der Waals surface area (Å²) in [5.41, 5.74) is 3.14. The highest BCUT2D eigenvalue weighted by Crippen LogP contribution is 2.21. The van der Waals surface area contributed by atoms with Crippen LogP contribution in [-0.2, 0) is 17.6 Å². The lowest BCUT2D eigenvalue weighted by molar-refractivity contribution is -0.122. The molecule has 0 saturated carbocycles. The molecule has 1 heterocycles. The van der Waals surface area contributed by atoms with E-state index in [0.29, 0.717) is 13.0 Å². The quantitative estimate of drug-likeness (QED) is 0.665. The summed E-state index contributed by atoms with van der Waals surface area (Å²) in [6.07, 6.45) is 4.91. The maximum atomic E-state index is 12.9. The average molecular weight is 360 g/mol. The molecule has 3 rings (SSSR count). The Labute approximate surface area is 160 Å². The van der Waals surface area contributed by atoms with Crippen molar-refractivity contribution >= 4 is 5.91 Å². The van der Waals surface area contributed by atoms with E-state index in [2.05, 4.69) is 10.3 Å². The van der Waals surface area contributed by atoms with Gasteiger partial charge in [0, 0.05) is 18.9 Å². The lowest BCUT2D eigenvalue weighted by Crippen LogP contribution is -2.32. The molecule has 1 amide bonds. The van der Waals surface area contributed by atoms with Gasteiger partial charge in [0.15, 0.2) is 0 Å². The van der Waals surface area contributed by atoms with E-state index in [-0.39, 0.29) is 11.8 Å². The fraction of sp³-hybridized carbons (Fsp3) is 0.217. The predicted octanol–water partition coefficient (Wildman–Crippen LogP) is 3.78. The van der Waals surface area contributed by atoms with Crippen LogP contribution in [0.2, 0.25) is 0 Å². The molecule has 0 radical (unpaired) electrons. The van der Waals surface area contributed by atoms with Gasteiger partial charge in [-0.3, -0.25) is 9.78 Å². The number of carbonyl (C=O) groups is 1. The second kappa shape index (κ2) is 9.53. The summed E-state index contributed by atoms with van der Waals surface area (Å²) in [6, 6.07) is 21.7. The van der Waals surface area contributed by atoms with Gasteiger partial charge in [-0.15, -0.1) is 0 Å². The first-order valence-corrected chi connectivity index (χ1v) is 9.11. The number of rotatable bonds is 8. The first-order chi connectivity index (χ1) is 13.3. The SMILES string of the molecule is COc1ccccc1CCNC(=O)C(Cc1cccnc1)c1ccccc1. The van der Waals surface area contributed by atoms with Gasteiger partial charge in [-0.05, 0) is 41.7 Å². The number of methoxy groups -OCH3 is 1. The molecule has 3 aromatic rings. The Balaban J connectivity index is 1.67. The number of para-hydroxylation sites is 1.